The van der Waals surface area contributed by atoms with Gasteiger partial charge in [0.15, 0.2) is 6.61 Å². The molecule has 9 nitrogen and oxygen atoms in total. The lowest BCUT2D eigenvalue weighted by Crippen LogP contribution is -2.51. The second-order valence-corrected chi connectivity index (χ2v) is 10.7. The molecule has 0 unspecified atom stereocenters. The molecular formula is C23H26FN3O6S. The Morgan fingerprint density at radius 1 is 1.06 bits per heavy atom. The minimum atomic E-state index is -4.41. The van der Waals surface area contributed by atoms with Gasteiger partial charge in [0.1, 0.15) is 16.8 Å². The average Bonchev–Trinajstić information content (AvgIpc) is 2.75. The van der Waals surface area contributed by atoms with Crippen molar-refractivity contribution in [3.8, 4) is 0 Å². The van der Waals surface area contributed by atoms with Crippen LogP contribution in [0.25, 0.3) is 0 Å². The van der Waals surface area contributed by atoms with Crippen LogP contribution in [0.3, 0.4) is 0 Å². The van der Waals surface area contributed by atoms with E-state index in [9.17, 15) is 27.2 Å². The molecule has 2 aromatic rings. The normalized spacial score (nSPS) is 16.3. The molecule has 0 bridgehead atoms. The molecular weight excluding hydrogens is 465 g/mol. The quantitative estimate of drug-likeness (QED) is 0.618. The summed E-state index contributed by atoms with van der Waals surface area (Å²) in [7, 11) is -4.41. The summed E-state index contributed by atoms with van der Waals surface area (Å²) in [6.45, 7) is 4.21. The second-order valence-electron chi connectivity index (χ2n) is 8.83. The Labute approximate surface area is 197 Å². The number of carbonyl (C=O) groups is 3. The number of benzene rings is 2. The first-order valence-corrected chi connectivity index (χ1v) is 11.9. The van der Waals surface area contributed by atoms with Crippen molar-refractivity contribution in [3.63, 3.8) is 0 Å². The highest BCUT2D eigenvalue weighted by Crippen LogP contribution is 2.30. The number of nitrogens with one attached hydrogen (secondary N) is 2. The van der Waals surface area contributed by atoms with Crippen LogP contribution in [0.1, 0.15) is 31.9 Å². The minimum absolute atomic E-state index is 0.0190. The van der Waals surface area contributed by atoms with Crippen molar-refractivity contribution >= 4 is 27.9 Å². The maximum absolute atomic E-state index is 14.3. The summed E-state index contributed by atoms with van der Waals surface area (Å²) in [5, 5.41) is 4.57. The van der Waals surface area contributed by atoms with Gasteiger partial charge in [-0.2, -0.15) is 4.31 Å². The Bertz CT molecular complexity index is 1210. The summed E-state index contributed by atoms with van der Waals surface area (Å²) in [5.41, 5.74) is 0.819. The lowest BCUT2D eigenvalue weighted by Gasteiger charge is -2.34. The van der Waals surface area contributed by atoms with Crippen molar-refractivity contribution in [1.29, 1.82) is 0 Å². The molecule has 3 rings (SSSR count). The summed E-state index contributed by atoms with van der Waals surface area (Å²) in [4.78, 5) is 36.2. The summed E-state index contributed by atoms with van der Waals surface area (Å²) in [6, 6.07) is 9.77. The zero-order chi connectivity index (χ0) is 25.1. The molecule has 0 saturated carbocycles. The van der Waals surface area contributed by atoms with Gasteiger partial charge in [0, 0.05) is 18.5 Å². The van der Waals surface area contributed by atoms with Gasteiger partial charge in [-0.05, 0) is 44.0 Å². The number of nitrogens with zero attached hydrogens (tertiary/aromatic N) is 1. The molecule has 0 fully saturated rings. The monoisotopic (exact) mass is 491 g/mol. The van der Waals surface area contributed by atoms with Crippen LogP contribution in [0.15, 0.2) is 53.4 Å². The number of halogens is 1. The fourth-order valence-electron chi connectivity index (χ4n) is 3.50. The van der Waals surface area contributed by atoms with Crippen LogP contribution in [0.2, 0.25) is 0 Å². The molecule has 2 N–H and O–H groups in total. The summed E-state index contributed by atoms with van der Waals surface area (Å²) in [5.74, 6) is -2.81. The van der Waals surface area contributed by atoms with Gasteiger partial charge in [0.05, 0.1) is 0 Å². The van der Waals surface area contributed by atoms with E-state index >= 15 is 0 Å². The maximum atomic E-state index is 14.3. The van der Waals surface area contributed by atoms with E-state index in [1.165, 1.54) is 12.1 Å². The predicted octanol–water partition coefficient (Wildman–Crippen LogP) is 2.11. The smallest absolute Gasteiger partial charge is 0.325 e. The number of rotatable bonds is 5. The zero-order valence-electron chi connectivity index (χ0n) is 19.0. The molecule has 2 aromatic carbocycles. The summed E-state index contributed by atoms with van der Waals surface area (Å²) in [6.07, 6.45) is -0.0190. The van der Waals surface area contributed by atoms with E-state index in [1.807, 2.05) is 5.32 Å². The van der Waals surface area contributed by atoms with Crippen LogP contribution in [-0.4, -0.2) is 48.8 Å². The van der Waals surface area contributed by atoms with E-state index in [0.29, 0.717) is 5.56 Å². The number of esters is 1. The van der Waals surface area contributed by atoms with Crippen molar-refractivity contribution in [2.45, 2.75) is 50.2 Å². The first-order valence-electron chi connectivity index (χ1n) is 10.5. The highest BCUT2D eigenvalue weighted by atomic mass is 32.2. The molecule has 1 aliphatic heterocycles. The molecule has 1 aliphatic rings. The van der Waals surface area contributed by atoms with Crippen LogP contribution in [0, 0.1) is 5.82 Å². The van der Waals surface area contributed by atoms with Gasteiger partial charge in [-0.25, -0.2) is 17.6 Å². The lowest BCUT2D eigenvalue weighted by atomic mass is 9.96. The number of hydrogen-bond acceptors (Lipinski definition) is 6. The van der Waals surface area contributed by atoms with E-state index in [-0.39, 0.29) is 13.0 Å². The molecule has 0 spiro atoms. The molecule has 0 aliphatic carbocycles. The van der Waals surface area contributed by atoms with Crippen molar-refractivity contribution in [2.24, 2.45) is 0 Å². The van der Waals surface area contributed by atoms with Gasteiger partial charge in [-0.15, -0.1) is 0 Å². The Kier molecular flexibility index (Phi) is 7.37. The first-order chi connectivity index (χ1) is 15.9. The van der Waals surface area contributed by atoms with E-state index in [4.69, 9.17) is 4.74 Å². The summed E-state index contributed by atoms with van der Waals surface area (Å²) < 4.78 is 46.9. The number of hydrogen-bond donors (Lipinski definition) is 2. The largest absolute Gasteiger partial charge is 0.454 e. The van der Waals surface area contributed by atoms with Crippen molar-refractivity contribution in [1.82, 2.24) is 14.9 Å². The predicted molar refractivity (Wildman–Crippen MR) is 120 cm³/mol. The standard InChI is InChI=1S/C23H26FN3O6S/c1-23(2,3)26-22(30)25-20(28)14-33-21(29)18-12-15-8-4-5-9-16(15)13-27(18)34(31,32)19-11-7-6-10-17(19)24/h4-11,18H,12-14H2,1-3H3,(H2,25,26,28,30)/t18-/m1/s1. The Balaban J connectivity index is 1.80. The van der Waals surface area contributed by atoms with E-state index in [1.54, 1.807) is 45.0 Å². The number of sulfonamides is 1. The van der Waals surface area contributed by atoms with Gasteiger partial charge < -0.3 is 10.1 Å². The van der Waals surface area contributed by atoms with Crippen molar-refractivity contribution < 1.29 is 31.9 Å². The minimum Gasteiger partial charge on any atom is -0.454 e. The fourth-order valence-corrected chi connectivity index (χ4v) is 5.12. The Morgan fingerprint density at radius 2 is 1.68 bits per heavy atom. The van der Waals surface area contributed by atoms with Gasteiger partial charge >= 0.3 is 12.0 Å². The zero-order valence-corrected chi connectivity index (χ0v) is 19.8. The fraction of sp³-hybridized carbons (Fsp3) is 0.348. The Morgan fingerprint density at radius 3 is 2.32 bits per heavy atom. The molecule has 34 heavy (non-hydrogen) atoms. The van der Waals surface area contributed by atoms with Crippen LogP contribution in [-0.2, 0) is 37.3 Å². The molecule has 1 heterocycles. The SMILES string of the molecule is CC(C)(C)NC(=O)NC(=O)COC(=O)[C@H]1Cc2ccccc2CN1S(=O)(=O)c1ccccc1F. The topological polar surface area (TPSA) is 122 Å². The molecule has 0 radical (unpaired) electrons. The van der Waals surface area contributed by atoms with E-state index in [0.717, 1.165) is 22.0 Å². The van der Waals surface area contributed by atoms with Crippen LogP contribution >= 0.6 is 0 Å². The third kappa shape index (κ3) is 5.97. The number of carbonyl (C=O) groups excluding carboxylic acids is 3. The number of amides is 3. The van der Waals surface area contributed by atoms with Gasteiger partial charge in [0.25, 0.3) is 5.91 Å². The summed E-state index contributed by atoms with van der Waals surface area (Å²) >= 11 is 0. The van der Waals surface area contributed by atoms with Gasteiger partial charge in [-0.3, -0.25) is 14.9 Å². The van der Waals surface area contributed by atoms with E-state index < -0.39 is 56.8 Å². The van der Waals surface area contributed by atoms with Crippen LogP contribution in [0.5, 0.6) is 0 Å². The van der Waals surface area contributed by atoms with Crippen LogP contribution < -0.4 is 10.6 Å². The average molecular weight is 492 g/mol. The van der Waals surface area contributed by atoms with Crippen LogP contribution in [0.4, 0.5) is 9.18 Å². The number of urea groups is 1. The third-order valence-corrected chi connectivity index (χ3v) is 6.88. The van der Waals surface area contributed by atoms with Crippen molar-refractivity contribution in [2.75, 3.05) is 6.61 Å². The second kappa shape index (κ2) is 9.90. The van der Waals surface area contributed by atoms with Gasteiger partial charge in [-0.1, -0.05) is 36.4 Å². The maximum Gasteiger partial charge on any atom is 0.325 e. The molecule has 3 amide bonds. The molecule has 11 heteroatoms. The molecule has 0 saturated heterocycles. The highest BCUT2D eigenvalue weighted by Gasteiger charge is 2.41. The molecule has 182 valence electrons. The number of fused-ring (bicyclic) bond motifs is 1. The highest BCUT2D eigenvalue weighted by molar-refractivity contribution is 7.89. The lowest BCUT2D eigenvalue weighted by molar-refractivity contribution is -0.152. The van der Waals surface area contributed by atoms with Crippen molar-refractivity contribution in [3.05, 3.63) is 65.5 Å². The first kappa shape index (κ1) is 25.3. The number of imide groups is 1. The van der Waals surface area contributed by atoms with Gasteiger partial charge in [0.2, 0.25) is 10.0 Å². The Hall–Kier alpha value is -3.31. The molecule has 1 atom stereocenters. The molecule has 0 aromatic heterocycles. The van der Waals surface area contributed by atoms with E-state index in [2.05, 4.69) is 5.32 Å². The third-order valence-electron chi connectivity index (χ3n) is 4.99. The number of ether oxygens (including phenoxy) is 1.